The van der Waals surface area contributed by atoms with Crippen LogP contribution in [0.1, 0.15) is 26.3 Å². The van der Waals surface area contributed by atoms with Crippen molar-refractivity contribution in [2.24, 2.45) is 5.92 Å². The van der Waals surface area contributed by atoms with Crippen LogP contribution in [0.25, 0.3) is 6.08 Å². The molecule has 0 aliphatic carbocycles. The summed E-state index contributed by atoms with van der Waals surface area (Å²) in [6, 6.07) is 9.01. The Labute approximate surface area is 140 Å². The third-order valence-corrected chi connectivity index (χ3v) is 3.63. The molecular weight excluding hydrogens is 316 g/mol. The highest BCUT2D eigenvalue weighted by atomic mass is 35.5. The quantitative estimate of drug-likeness (QED) is 0.640. The van der Waals surface area contributed by atoms with Crippen molar-refractivity contribution in [1.82, 2.24) is 5.32 Å². The molecular formula is C17H19ClN2O3. The summed E-state index contributed by atoms with van der Waals surface area (Å²) in [5.41, 5.74) is -0.254. The number of nitrogens with one attached hydrogen (secondary N) is 1. The number of rotatable bonds is 6. The van der Waals surface area contributed by atoms with Gasteiger partial charge in [-0.3, -0.25) is 4.79 Å². The number of benzene rings is 1. The van der Waals surface area contributed by atoms with E-state index in [-0.39, 0.29) is 5.92 Å². The van der Waals surface area contributed by atoms with Gasteiger partial charge in [0, 0.05) is 11.1 Å². The molecule has 23 heavy (non-hydrogen) atoms. The minimum Gasteiger partial charge on any atom is -0.452 e. The Bertz CT molecular complexity index is 649. The lowest BCUT2D eigenvalue weighted by Crippen LogP contribution is -2.50. The van der Waals surface area contributed by atoms with Crippen LogP contribution in [-0.4, -0.2) is 24.0 Å². The summed E-state index contributed by atoms with van der Waals surface area (Å²) < 4.78 is 4.85. The maximum Gasteiger partial charge on any atom is 0.331 e. The molecule has 0 radical (unpaired) electrons. The number of carbonyl (C=O) groups excluding carboxylic acids is 2. The summed E-state index contributed by atoms with van der Waals surface area (Å²) in [7, 11) is 0. The van der Waals surface area contributed by atoms with Gasteiger partial charge in [-0.1, -0.05) is 37.6 Å². The average molecular weight is 335 g/mol. The second kappa shape index (κ2) is 8.35. The number of ether oxygens (including phenoxy) is 1. The van der Waals surface area contributed by atoms with Crippen molar-refractivity contribution < 1.29 is 14.3 Å². The van der Waals surface area contributed by atoms with Crippen LogP contribution in [0, 0.1) is 17.2 Å². The Morgan fingerprint density at radius 3 is 2.74 bits per heavy atom. The Morgan fingerprint density at radius 2 is 2.17 bits per heavy atom. The Hall–Kier alpha value is -2.32. The predicted molar refractivity (Wildman–Crippen MR) is 88.4 cm³/mol. The van der Waals surface area contributed by atoms with Crippen molar-refractivity contribution in [2.75, 3.05) is 6.61 Å². The fraction of sp³-hybridized carbons (Fsp3) is 0.353. The lowest BCUT2D eigenvalue weighted by atomic mass is 9.90. The van der Waals surface area contributed by atoms with Crippen LogP contribution in [-0.2, 0) is 14.3 Å². The second-order valence-corrected chi connectivity index (χ2v) is 5.95. The standard InChI is InChI=1S/C17H19ClN2O3/c1-12(2)17(3,11-19)20-15(21)10-23-16(22)8-7-13-5-4-6-14(18)9-13/h4-9,12H,10H2,1-3H3,(H,20,21)/b8-7+/t17-/m1/s1. The molecule has 5 nitrogen and oxygen atoms in total. The van der Waals surface area contributed by atoms with Gasteiger partial charge in [-0.2, -0.15) is 5.26 Å². The van der Waals surface area contributed by atoms with Gasteiger partial charge in [-0.15, -0.1) is 0 Å². The SMILES string of the molecule is CC(C)[C@@](C)(C#N)NC(=O)COC(=O)/C=C/c1cccc(Cl)c1. The molecule has 1 aromatic carbocycles. The number of esters is 1. The number of carbonyl (C=O) groups is 2. The highest BCUT2D eigenvalue weighted by Crippen LogP contribution is 2.15. The van der Waals surface area contributed by atoms with E-state index in [1.54, 1.807) is 37.3 Å². The zero-order valence-corrected chi connectivity index (χ0v) is 14.1. The van der Waals surface area contributed by atoms with Crippen molar-refractivity contribution in [2.45, 2.75) is 26.3 Å². The highest BCUT2D eigenvalue weighted by Gasteiger charge is 2.30. The van der Waals surface area contributed by atoms with Crippen LogP contribution in [0.2, 0.25) is 5.02 Å². The Balaban J connectivity index is 2.50. The Kier molecular flexibility index (Phi) is 6.80. The number of nitrogens with zero attached hydrogens (tertiary/aromatic N) is 1. The summed E-state index contributed by atoms with van der Waals surface area (Å²) in [5.74, 6) is -1.24. The normalized spacial score (nSPS) is 13.4. The molecule has 1 atom stereocenters. The van der Waals surface area contributed by atoms with Crippen molar-refractivity contribution in [3.8, 4) is 6.07 Å². The molecule has 0 bridgehead atoms. The van der Waals surface area contributed by atoms with E-state index in [0.717, 1.165) is 5.56 Å². The molecule has 0 aliphatic heterocycles. The van der Waals surface area contributed by atoms with E-state index in [9.17, 15) is 9.59 Å². The molecule has 1 rings (SSSR count). The first-order chi connectivity index (χ1) is 10.8. The molecule has 0 unspecified atom stereocenters. The first-order valence-corrected chi connectivity index (χ1v) is 7.47. The minimum atomic E-state index is -1.000. The van der Waals surface area contributed by atoms with E-state index in [0.29, 0.717) is 5.02 Å². The molecule has 122 valence electrons. The molecule has 1 aromatic rings. The number of hydrogen-bond donors (Lipinski definition) is 1. The summed E-state index contributed by atoms with van der Waals surface area (Å²) >= 11 is 5.83. The third-order valence-electron chi connectivity index (χ3n) is 3.39. The fourth-order valence-electron chi connectivity index (χ4n) is 1.59. The van der Waals surface area contributed by atoms with Gasteiger partial charge >= 0.3 is 5.97 Å². The molecule has 0 saturated carbocycles. The van der Waals surface area contributed by atoms with Crippen molar-refractivity contribution in [3.05, 3.63) is 40.9 Å². The van der Waals surface area contributed by atoms with Gasteiger partial charge < -0.3 is 10.1 Å². The first kappa shape index (κ1) is 18.7. The van der Waals surface area contributed by atoms with Crippen molar-refractivity contribution in [3.63, 3.8) is 0 Å². The van der Waals surface area contributed by atoms with Crippen LogP contribution in [0.5, 0.6) is 0 Å². The van der Waals surface area contributed by atoms with Crippen LogP contribution in [0.15, 0.2) is 30.3 Å². The van der Waals surface area contributed by atoms with Crippen LogP contribution in [0.4, 0.5) is 0 Å². The van der Waals surface area contributed by atoms with Gasteiger partial charge in [-0.05, 0) is 36.6 Å². The van der Waals surface area contributed by atoms with Gasteiger partial charge in [-0.25, -0.2) is 4.79 Å². The van der Waals surface area contributed by atoms with E-state index in [2.05, 4.69) is 5.32 Å². The zero-order chi connectivity index (χ0) is 17.5. The van der Waals surface area contributed by atoms with Gasteiger partial charge in [0.25, 0.3) is 5.91 Å². The first-order valence-electron chi connectivity index (χ1n) is 7.09. The van der Waals surface area contributed by atoms with E-state index in [4.69, 9.17) is 21.6 Å². The van der Waals surface area contributed by atoms with Gasteiger partial charge in [0.05, 0.1) is 6.07 Å². The molecule has 1 N–H and O–H groups in total. The smallest absolute Gasteiger partial charge is 0.331 e. The molecule has 0 aliphatic rings. The van der Waals surface area contributed by atoms with Crippen LogP contribution >= 0.6 is 11.6 Å². The molecule has 0 saturated heterocycles. The lowest BCUT2D eigenvalue weighted by molar-refractivity contribution is -0.144. The van der Waals surface area contributed by atoms with Crippen LogP contribution < -0.4 is 5.32 Å². The summed E-state index contributed by atoms with van der Waals surface area (Å²) in [4.78, 5) is 23.4. The van der Waals surface area contributed by atoms with Gasteiger partial charge in [0.1, 0.15) is 5.54 Å². The van der Waals surface area contributed by atoms with E-state index < -0.39 is 24.0 Å². The van der Waals surface area contributed by atoms with Gasteiger partial charge in [0.15, 0.2) is 6.61 Å². The van der Waals surface area contributed by atoms with Gasteiger partial charge in [0.2, 0.25) is 0 Å². The monoisotopic (exact) mass is 334 g/mol. The van der Waals surface area contributed by atoms with Crippen LogP contribution in [0.3, 0.4) is 0 Å². The predicted octanol–water partition coefficient (Wildman–Crippen LogP) is 2.95. The average Bonchev–Trinajstić information content (AvgIpc) is 2.50. The summed E-state index contributed by atoms with van der Waals surface area (Å²) in [6.07, 6.45) is 2.75. The van der Waals surface area contributed by atoms with Crippen molar-refractivity contribution in [1.29, 1.82) is 5.26 Å². The van der Waals surface area contributed by atoms with E-state index >= 15 is 0 Å². The molecule has 0 fully saturated rings. The third kappa shape index (κ3) is 6.13. The Morgan fingerprint density at radius 1 is 1.48 bits per heavy atom. The highest BCUT2D eigenvalue weighted by molar-refractivity contribution is 6.30. The minimum absolute atomic E-state index is 0.0742. The maximum atomic E-state index is 11.8. The van der Waals surface area contributed by atoms with E-state index in [1.807, 2.05) is 19.9 Å². The zero-order valence-electron chi connectivity index (χ0n) is 13.3. The summed E-state index contributed by atoms with van der Waals surface area (Å²) in [6.45, 7) is 4.83. The molecule has 0 spiro atoms. The summed E-state index contributed by atoms with van der Waals surface area (Å²) in [5, 5.41) is 12.2. The maximum absolute atomic E-state index is 11.8. The number of nitriles is 1. The largest absolute Gasteiger partial charge is 0.452 e. The van der Waals surface area contributed by atoms with Crippen molar-refractivity contribution >= 4 is 29.6 Å². The molecule has 6 heteroatoms. The lowest BCUT2D eigenvalue weighted by Gasteiger charge is -2.27. The second-order valence-electron chi connectivity index (χ2n) is 5.51. The topological polar surface area (TPSA) is 79.2 Å². The fourth-order valence-corrected chi connectivity index (χ4v) is 1.79. The number of amides is 1. The number of hydrogen-bond acceptors (Lipinski definition) is 4. The number of halogens is 1. The molecule has 1 amide bonds. The van der Waals surface area contributed by atoms with E-state index in [1.165, 1.54) is 6.08 Å². The molecule has 0 aromatic heterocycles. The molecule has 0 heterocycles.